The summed E-state index contributed by atoms with van der Waals surface area (Å²) in [5.74, 6) is 1.10. The van der Waals surface area contributed by atoms with E-state index in [1.165, 1.54) is 10.7 Å². The molecule has 0 atom stereocenters. The van der Waals surface area contributed by atoms with Gasteiger partial charge in [-0.15, -0.1) is 11.3 Å². The minimum atomic E-state index is 0.0264. The molecule has 0 aliphatic carbocycles. The van der Waals surface area contributed by atoms with Gasteiger partial charge in [0, 0.05) is 16.9 Å². The summed E-state index contributed by atoms with van der Waals surface area (Å²) < 4.78 is 6.03. The lowest BCUT2D eigenvalue weighted by molar-refractivity contribution is 0.234. The van der Waals surface area contributed by atoms with E-state index in [2.05, 4.69) is 55.6 Å². The fraction of sp³-hybridized carbons (Fsp3) is 0.345. The van der Waals surface area contributed by atoms with E-state index in [0.29, 0.717) is 11.8 Å². The van der Waals surface area contributed by atoms with Gasteiger partial charge in [-0.2, -0.15) is 0 Å². The zero-order valence-electron chi connectivity index (χ0n) is 20.5. The van der Waals surface area contributed by atoms with Crippen molar-refractivity contribution in [2.75, 3.05) is 0 Å². The highest BCUT2D eigenvalue weighted by Gasteiger charge is 2.14. The molecule has 0 saturated carbocycles. The molecule has 4 nitrogen and oxygen atoms in total. The summed E-state index contributed by atoms with van der Waals surface area (Å²) >= 11 is 1.78. The van der Waals surface area contributed by atoms with Crippen LogP contribution in [-0.2, 0) is 6.42 Å². The van der Waals surface area contributed by atoms with Crippen molar-refractivity contribution < 1.29 is 4.74 Å². The van der Waals surface area contributed by atoms with E-state index in [1.807, 2.05) is 38.1 Å². The standard InChI is InChI=1S/C29H33N3OS/c1-20(2)29-30-24(19-34-29)15-8-6-5-7-12-22-13-11-14-23(18-22)27-28(33-21(3)4)32-26-17-10-9-16-25(26)31-27/h7,9-14,16-21H,5-6,8,15H2,1-4H3. The molecular formula is C29H33N3OS. The Morgan fingerprint density at radius 1 is 0.912 bits per heavy atom. The van der Waals surface area contributed by atoms with E-state index in [-0.39, 0.29) is 6.10 Å². The summed E-state index contributed by atoms with van der Waals surface area (Å²) in [6.45, 7) is 8.43. The molecule has 0 saturated heterocycles. The number of allylic oxidation sites excluding steroid dienone is 1. The van der Waals surface area contributed by atoms with Crippen molar-refractivity contribution in [3.63, 3.8) is 0 Å². The first kappa shape index (κ1) is 24.1. The molecule has 176 valence electrons. The maximum atomic E-state index is 6.03. The van der Waals surface area contributed by atoms with Crippen molar-refractivity contribution in [3.8, 4) is 17.1 Å². The summed E-state index contributed by atoms with van der Waals surface area (Å²) in [5.41, 5.74) is 5.91. The van der Waals surface area contributed by atoms with Crippen molar-refractivity contribution in [3.05, 3.63) is 76.3 Å². The van der Waals surface area contributed by atoms with Crippen molar-refractivity contribution in [2.45, 2.75) is 65.4 Å². The van der Waals surface area contributed by atoms with Gasteiger partial charge in [0.2, 0.25) is 5.88 Å². The predicted molar refractivity (Wildman–Crippen MR) is 144 cm³/mol. The van der Waals surface area contributed by atoms with E-state index in [4.69, 9.17) is 19.7 Å². The van der Waals surface area contributed by atoms with Crippen LogP contribution in [0.4, 0.5) is 0 Å². The zero-order chi connectivity index (χ0) is 23.9. The van der Waals surface area contributed by atoms with Crippen LogP contribution in [0.5, 0.6) is 5.88 Å². The summed E-state index contributed by atoms with van der Waals surface area (Å²) in [6.07, 6.45) is 8.92. The van der Waals surface area contributed by atoms with Gasteiger partial charge in [-0.25, -0.2) is 15.0 Å². The van der Waals surface area contributed by atoms with Crippen LogP contribution in [0.2, 0.25) is 0 Å². The lowest BCUT2D eigenvalue weighted by atomic mass is 10.1. The Bertz CT molecular complexity index is 1260. The Morgan fingerprint density at radius 2 is 1.71 bits per heavy atom. The molecule has 5 heteroatoms. The molecule has 4 rings (SSSR count). The van der Waals surface area contributed by atoms with Crippen molar-refractivity contribution in [1.29, 1.82) is 0 Å². The molecule has 0 amide bonds. The number of hydrogen-bond acceptors (Lipinski definition) is 5. The van der Waals surface area contributed by atoms with E-state index in [9.17, 15) is 0 Å². The molecular weight excluding hydrogens is 438 g/mol. The van der Waals surface area contributed by atoms with Gasteiger partial charge in [-0.1, -0.05) is 56.3 Å². The van der Waals surface area contributed by atoms with Gasteiger partial charge in [0.25, 0.3) is 0 Å². The second-order valence-electron chi connectivity index (χ2n) is 9.14. The second-order valence-corrected chi connectivity index (χ2v) is 10.0. The summed E-state index contributed by atoms with van der Waals surface area (Å²) in [6, 6.07) is 16.3. The molecule has 4 aromatic rings. The van der Waals surface area contributed by atoms with Crippen molar-refractivity contribution in [2.24, 2.45) is 0 Å². The average molecular weight is 472 g/mol. The smallest absolute Gasteiger partial charge is 0.241 e. The maximum Gasteiger partial charge on any atom is 0.241 e. The number of thiazole rings is 1. The number of aryl methyl sites for hydroxylation is 1. The number of nitrogens with zero attached hydrogens (tertiary/aromatic N) is 3. The molecule has 0 N–H and O–H groups in total. The SMILES string of the molecule is CC(C)Oc1nc2ccccc2nc1-c1cccc(C=CCCCCc2csc(C(C)C)n2)c1. The molecule has 0 radical (unpaired) electrons. The molecule has 2 aromatic carbocycles. The Kier molecular flexibility index (Phi) is 8.07. The van der Waals surface area contributed by atoms with Crippen molar-refractivity contribution in [1.82, 2.24) is 15.0 Å². The lowest BCUT2D eigenvalue weighted by Gasteiger charge is -2.14. The van der Waals surface area contributed by atoms with Gasteiger partial charge in [0.05, 0.1) is 27.8 Å². The first-order valence-electron chi connectivity index (χ1n) is 12.1. The molecule has 2 heterocycles. The molecule has 34 heavy (non-hydrogen) atoms. The predicted octanol–water partition coefficient (Wildman–Crippen LogP) is 8.09. The van der Waals surface area contributed by atoms with Gasteiger partial charge in [0.15, 0.2) is 0 Å². The molecule has 0 fully saturated rings. The van der Waals surface area contributed by atoms with Crippen LogP contribution in [-0.4, -0.2) is 21.1 Å². The Hall–Kier alpha value is -3.05. The van der Waals surface area contributed by atoms with Gasteiger partial charge >= 0.3 is 0 Å². The Balaban J connectivity index is 1.41. The number of para-hydroxylation sites is 2. The molecule has 0 unspecified atom stereocenters. The Labute approximate surface area is 206 Å². The fourth-order valence-corrected chi connectivity index (χ4v) is 4.63. The normalized spacial score (nSPS) is 11.8. The van der Waals surface area contributed by atoms with Gasteiger partial charge < -0.3 is 4.74 Å². The number of fused-ring (bicyclic) bond motifs is 1. The third kappa shape index (κ3) is 6.29. The fourth-order valence-electron chi connectivity index (χ4n) is 3.76. The van der Waals surface area contributed by atoms with Crippen LogP contribution in [0.3, 0.4) is 0 Å². The monoisotopic (exact) mass is 471 g/mol. The highest BCUT2D eigenvalue weighted by Crippen LogP contribution is 2.30. The van der Waals surface area contributed by atoms with Crippen molar-refractivity contribution >= 4 is 28.4 Å². The minimum Gasteiger partial charge on any atom is -0.473 e. The topological polar surface area (TPSA) is 47.9 Å². The molecule has 0 spiro atoms. The van der Waals surface area contributed by atoms with Gasteiger partial charge in [-0.05, 0) is 63.3 Å². The van der Waals surface area contributed by atoms with E-state index >= 15 is 0 Å². The highest BCUT2D eigenvalue weighted by atomic mass is 32.1. The van der Waals surface area contributed by atoms with Gasteiger partial charge in [0.1, 0.15) is 5.69 Å². The van der Waals surface area contributed by atoms with Crippen LogP contribution < -0.4 is 4.74 Å². The van der Waals surface area contributed by atoms with Crippen LogP contribution in [0.1, 0.15) is 69.1 Å². The second kappa shape index (κ2) is 11.4. The number of ether oxygens (including phenoxy) is 1. The lowest BCUT2D eigenvalue weighted by Crippen LogP contribution is -2.09. The zero-order valence-corrected chi connectivity index (χ0v) is 21.3. The average Bonchev–Trinajstić information content (AvgIpc) is 3.30. The number of benzene rings is 2. The molecule has 0 bridgehead atoms. The number of rotatable bonds is 10. The number of hydrogen-bond donors (Lipinski definition) is 0. The van der Waals surface area contributed by atoms with Crippen LogP contribution in [0.25, 0.3) is 28.4 Å². The largest absolute Gasteiger partial charge is 0.473 e. The maximum absolute atomic E-state index is 6.03. The molecule has 0 aliphatic rings. The number of aromatic nitrogens is 3. The quantitative estimate of drug-likeness (QED) is 0.219. The first-order chi connectivity index (χ1) is 16.5. The summed E-state index contributed by atoms with van der Waals surface area (Å²) in [7, 11) is 0. The molecule has 2 aromatic heterocycles. The molecule has 0 aliphatic heterocycles. The minimum absolute atomic E-state index is 0.0264. The van der Waals surface area contributed by atoms with Crippen LogP contribution in [0.15, 0.2) is 60.0 Å². The van der Waals surface area contributed by atoms with Gasteiger partial charge in [-0.3, -0.25) is 0 Å². The van der Waals surface area contributed by atoms with E-state index < -0.39 is 0 Å². The first-order valence-corrected chi connectivity index (χ1v) is 13.0. The Morgan fingerprint density at radius 3 is 2.44 bits per heavy atom. The summed E-state index contributed by atoms with van der Waals surface area (Å²) in [4.78, 5) is 14.4. The number of unbranched alkanes of at least 4 members (excludes halogenated alkanes) is 2. The van der Waals surface area contributed by atoms with Crippen LogP contribution in [0, 0.1) is 0 Å². The summed E-state index contributed by atoms with van der Waals surface area (Å²) in [5, 5.41) is 3.46. The third-order valence-electron chi connectivity index (χ3n) is 5.47. The van der Waals surface area contributed by atoms with E-state index in [0.717, 1.165) is 53.5 Å². The van der Waals surface area contributed by atoms with Crippen LogP contribution >= 0.6 is 11.3 Å². The van der Waals surface area contributed by atoms with E-state index in [1.54, 1.807) is 11.3 Å². The highest BCUT2D eigenvalue weighted by molar-refractivity contribution is 7.09. The third-order valence-corrected chi connectivity index (χ3v) is 6.67.